The molecule has 0 amide bonds. The number of carboxylic acids is 1. The number of piperidine rings is 1. The number of rotatable bonds is 5. The summed E-state index contributed by atoms with van der Waals surface area (Å²) in [6.45, 7) is 11.6. The summed E-state index contributed by atoms with van der Waals surface area (Å²) in [5.41, 5.74) is 5.59. The van der Waals surface area contributed by atoms with Gasteiger partial charge in [0.05, 0.1) is 24.5 Å². The van der Waals surface area contributed by atoms with Crippen LogP contribution in [0.25, 0.3) is 22.4 Å². The number of likely N-dealkylation sites (tertiary alicyclic amines) is 1. The van der Waals surface area contributed by atoms with Crippen molar-refractivity contribution in [2.45, 2.75) is 71.5 Å². The van der Waals surface area contributed by atoms with Crippen LogP contribution >= 0.6 is 0 Å². The maximum atomic E-state index is 12.8. The first-order valence-corrected chi connectivity index (χ1v) is 13.8. The van der Waals surface area contributed by atoms with Crippen molar-refractivity contribution in [1.29, 1.82) is 0 Å². The van der Waals surface area contributed by atoms with E-state index in [1.54, 1.807) is 6.20 Å². The monoisotopic (exact) mass is 516 g/mol. The van der Waals surface area contributed by atoms with Crippen LogP contribution in [0.2, 0.25) is 0 Å². The third-order valence-electron chi connectivity index (χ3n) is 8.70. The largest absolute Gasteiger partial charge is 0.492 e. The third-order valence-corrected chi connectivity index (χ3v) is 8.70. The molecule has 38 heavy (non-hydrogen) atoms. The Morgan fingerprint density at radius 1 is 1.13 bits per heavy atom. The zero-order valence-corrected chi connectivity index (χ0v) is 22.6. The molecule has 1 atom stereocenters. The zero-order chi connectivity index (χ0) is 26.7. The minimum atomic E-state index is -1.19. The average Bonchev–Trinajstić information content (AvgIpc) is 3.57. The second-order valence-electron chi connectivity index (χ2n) is 11.6. The highest BCUT2D eigenvalue weighted by molar-refractivity contribution is 5.88. The molecule has 1 aromatic carbocycles. The Bertz CT molecular complexity index is 1460. The van der Waals surface area contributed by atoms with Gasteiger partial charge < -0.3 is 19.3 Å². The molecule has 0 bridgehead atoms. The van der Waals surface area contributed by atoms with Gasteiger partial charge in [-0.05, 0) is 50.7 Å². The standard InChI is InChI=1S/C30H36N4O4/c1-17(2)25-12-19-11-23(20-14-31-34(15-20)21-5-8-32(9-6-21)18(3)4)29-22(7-10-38-29)28(19)26-13-27(35)24(30(36)37)16-33(25)26/h11,13-18,21,25H,5-10,12H2,1-4H3,(H,36,37). The van der Waals surface area contributed by atoms with E-state index in [0.717, 1.165) is 72.5 Å². The van der Waals surface area contributed by atoms with Crippen molar-refractivity contribution in [3.63, 3.8) is 0 Å². The van der Waals surface area contributed by atoms with E-state index in [0.29, 0.717) is 18.7 Å². The lowest BCUT2D eigenvalue weighted by Crippen LogP contribution is -2.39. The lowest BCUT2D eigenvalue weighted by atomic mass is 9.82. The number of ether oxygens (including phenoxy) is 1. The Labute approximate surface area is 222 Å². The molecule has 0 radical (unpaired) electrons. The average molecular weight is 517 g/mol. The van der Waals surface area contributed by atoms with Gasteiger partial charge in [-0.2, -0.15) is 5.10 Å². The van der Waals surface area contributed by atoms with Gasteiger partial charge >= 0.3 is 5.97 Å². The van der Waals surface area contributed by atoms with Crippen molar-refractivity contribution in [2.24, 2.45) is 5.92 Å². The summed E-state index contributed by atoms with van der Waals surface area (Å²) in [5.74, 6) is -0.0601. The molecule has 0 aliphatic carbocycles. The molecule has 1 saturated heterocycles. The molecule has 0 saturated carbocycles. The van der Waals surface area contributed by atoms with Crippen molar-refractivity contribution in [3.8, 4) is 28.1 Å². The number of aromatic carboxylic acids is 1. The molecule has 1 fully saturated rings. The Morgan fingerprint density at radius 2 is 1.89 bits per heavy atom. The first-order valence-electron chi connectivity index (χ1n) is 13.8. The van der Waals surface area contributed by atoms with Crippen LogP contribution in [0, 0.1) is 5.92 Å². The molecule has 0 spiro atoms. The van der Waals surface area contributed by atoms with E-state index in [-0.39, 0.29) is 17.5 Å². The smallest absolute Gasteiger partial charge is 0.341 e. The third kappa shape index (κ3) is 4.06. The fourth-order valence-corrected chi connectivity index (χ4v) is 6.54. The molecule has 200 valence electrons. The summed E-state index contributed by atoms with van der Waals surface area (Å²) in [4.78, 5) is 27.0. The molecule has 5 heterocycles. The maximum absolute atomic E-state index is 12.8. The van der Waals surface area contributed by atoms with E-state index < -0.39 is 11.4 Å². The number of benzene rings is 1. The number of hydrogen-bond acceptors (Lipinski definition) is 5. The fourth-order valence-electron chi connectivity index (χ4n) is 6.54. The van der Waals surface area contributed by atoms with Gasteiger partial charge in [-0.3, -0.25) is 9.48 Å². The summed E-state index contributed by atoms with van der Waals surface area (Å²) >= 11 is 0. The highest BCUT2D eigenvalue weighted by atomic mass is 16.5. The summed E-state index contributed by atoms with van der Waals surface area (Å²) in [5, 5.41) is 14.4. The zero-order valence-electron chi connectivity index (χ0n) is 22.6. The summed E-state index contributed by atoms with van der Waals surface area (Å²) in [6.07, 6.45) is 9.38. The number of hydrogen-bond donors (Lipinski definition) is 1. The van der Waals surface area contributed by atoms with Gasteiger partial charge in [-0.1, -0.05) is 13.8 Å². The van der Waals surface area contributed by atoms with Crippen molar-refractivity contribution in [1.82, 2.24) is 19.2 Å². The van der Waals surface area contributed by atoms with Crippen LogP contribution in [0.5, 0.6) is 5.75 Å². The minimum absolute atomic E-state index is 0.0540. The Balaban J connectivity index is 1.42. The summed E-state index contributed by atoms with van der Waals surface area (Å²) in [7, 11) is 0. The highest BCUT2D eigenvalue weighted by Crippen LogP contribution is 2.48. The van der Waals surface area contributed by atoms with Crippen molar-refractivity contribution < 1.29 is 14.6 Å². The highest BCUT2D eigenvalue weighted by Gasteiger charge is 2.34. The van der Waals surface area contributed by atoms with E-state index in [9.17, 15) is 14.7 Å². The van der Waals surface area contributed by atoms with Crippen LogP contribution in [0.15, 0.2) is 35.5 Å². The minimum Gasteiger partial charge on any atom is -0.492 e. The number of fused-ring (bicyclic) bond motifs is 5. The molecule has 3 aromatic rings. The van der Waals surface area contributed by atoms with Crippen LogP contribution in [0.3, 0.4) is 0 Å². The Kier molecular flexibility index (Phi) is 6.17. The second kappa shape index (κ2) is 9.42. The first-order chi connectivity index (χ1) is 18.2. The van der Waals surface area contributed by atoms with E-state index in [2.05, 4.69) is 49.5 Å². The molecular weight excluding hydrogens is 480 g/mol. The lowest BCUT2D eigenvalue weighted by Gasteiger charge is -2.34. The Morgan fingerprint density at radius 3 is 2.58 bits per heavy atom. The topological polar surface area (TPSA) is 89.6 Å². The molecule has 8 nitrogen and oxygen atoms in total. The summed E-state index contributed by atoms with van der Waals surface area (Å²) in [6, 6.07) is 4.76. The van der Waals surface area contributed by atoms with Crippen LogP contribution in [-0.2, 0) is 12.8 Å². The van der Waals surface area contributed by atoms with Crippen LogP contribution < -0.4 is 10.2 Å². The van der Waals surface area contributed by atoms with E-state index in [1.807, 2.05) is 10.8 Å². The fraction of sp³-hybridized carbons (Fsp3) is 0.500. The van der Waals surface area contributed by atoms with Crippen LogP contribution in [0.4, 0.5) is 0 Å². The van der Waals surface area contributed by atoms with Crippen molar-refractivity contribution in [3.05, 3.63) is 57.6 Å². The number of pyridine rings is 1. The van der Waals surface area contributed by atoms with Gasteiger partial charge in [-0.25, -0.2) is 4.79 Å². The van der Waals surface area contributed by atoms with Gasteiger partial charge in [0, 0.05) is 72.3 Å². The van der Waals surface area contributed by atoms with Gasteiger partial charge in [0.1, 0.15) is 11.3 Å². The SMILES string of the molecule is CC(C)C1Cc2cc(-c3cnn(C4CCN(C(C)C)CC4)c3)c3c(c2-c2cc(=O)c(C(=O)O)cn21)CCO3. The second-order valence-corrected chi connectivity index (χ2v) is 11.6. The van der Waals surface area contributed by atoms with Crippen molar-refractivity contribution >= 4 is 5.97 Å². The van der Waals surface area contributed by atoms with E-state index >= 15 is 0 Å². The normalized spacial score (nSPS) is 19.4. The van der Waals surface area contributed by atoms with E-state index in [1.165, 1.54) is 11.6 Å². The van der Waals surface area contributed by atoms with Gasteiger partial charge in [0.15, 0.2) is 5.43 Å². The lowest BCUT2D eigenvalue weighted by molar-refractivity contribution is 0.0694. The molecule has 2 aromatic heterocycles. The first kappa shape index (κ1) is 24.9. The molecule has 1 unspecified atom stereocenters. The molecule has 8 heteroatoms. The molecule has 3 aliphatic rings. The maximum Gasteiger partial charge on any atom is 0.341 e. The van der Waals surface area contributed by atoms with Gasteiger partial charge in [-0.15, -0.1) is 0 Å². The van der Waals surface area contributed by atoms with E-state index in [4.69, 9.17) is 9.84 Å². The molecular formula is C30H36N4O4. The van der Waals surface area contributed by atoms with Crippen molar-refractivity contribution in [2.75, 3.05) is 19.7 Å². The molecule has 6 rings (SSSR count). The quantitative estimate of drug-likeness (QED) is 0.524. The number of carbonyl (C=O) groups is 1. The van der Waals surface area contributed by atoms with Crippen LogP contribution in [-0.4, -0.2) is 56.1 Å². The number of nitrogens with zero attached hydrogens (tertiary/aromatic N) is 4. The molecule has 1 N–H and O–H groups in total. The van der Waals surface area contributed by atoms with Crippen LogP contribution in [0.1, 0.15) is 74.1 Å². The predicted octanol–water partition coefficient (Wildman–Crippen LogP) is 4.81. The Hall–Kier alpha value is -3.39. The predicted molar refractivity (Wildman–Crippen MR) is 146 cm³/mol. The summed E-state index contributed by atoms with van der Waals surface area (Å²) < 4.78 is 10.3. The number of carboxylic acid groups (broad SMARTS) is 1. The molecule has 3 aliphatic heterocycles. The van der Waals surface area contributed by atoms with Gasteiger partial charge in [0.2, 0.25) is 0 Å². The van der Waals surface area contributed by atoms with Gasteiger partial charge in [0.25, 0.3) is 0 Å². The number of aromatic nitrogens is 3.